The molecule has 2 aromatic rings. The maximum Gasteiger partial charge on any atom is 0.329 e. The Kier molecular flexibility index (Phi) is 6.50. The summed E-state index contributed by atoms with van der Waals surface area (Å²) in [5.74, 6) is -1.16. The molecule has 0 fully saturated rings. The van der Waals surface area contributed by atoms with Crippen LogP contribution >= 0.6 is 0 Å². The summed E-state index contributed by atoms with van der Waals surface area (Å²) in [5, 5.41) is 6.40. The van der Waals surface area contributed by atoms with Gasteiger partial charge in [-0.2, -0.15) is 5.10 Å². The van der Waals surface area contributed by atoms with E-state index < -0.39 is 11.8 Å². The molecular weight excluding hydrogens is 338 g/mol. The minimum atomic E-state index is -0.814. The topological polar surface area (TPSA) is 70.6 Å². The predicted octanol–water partition coefficient (Wildman–Crippen LogP) is 4.20. The van der Waals surface area contributed by atoms with Crippen molar-refractivity contribution in [2.75, 3.05) is 5.32 Å². The lowest BCUT2D eigenvalue weighted by Gasteiger charge is -2.18. The Balaban J connectivity index is 1.89. The molecule has 0 spiro atoms. The molecule has 0 saturated heterocycles. The van der Waals surface area contributed by atoms with Gasteiger partial charge in [-0.05, 0) is 40.2 Å². The van der Waals surface area contributed by atoms with Crippen LogP contribution in [0, 0.1) is 0 Å². The Morgan fingerprint density at radius 3 is 2.04 bits per heavy atom. The summed E-state index contributed by atoms with van der Waals surface area (Å²) in [6, 6.07) is 15.3. The SMILES string of the molecule is CC(C)c1ccc(NC(=O)C(=O)N/N=C/c2ccc(C(C)(C)C)cc2)cc1. The zero-order valence-corrected chi connectivity index (χ0v) is 16.5. The summed E-state index contributed by atoms with van der Waals surface area (Å²) in [6.07, 6.45) is 1.51. The van der Waals surface area contributed by atoms with Crippen molar-refractivity contribution in [3.63, 3.8) is 0 Å². The minimum absolute atomic E-state index is 0.0787. The third kappa shape index (κ3) is 6.06. The van der Waals surface area contributed by atoms with Gasteiger partial charge in [-0.1, -0.05) is 71.0 Å². The van der Waals surface area contributed by atoms with Crippen molar-refractivity contribution in [2.24, 2.45) is 5.10 Å². The van der Waals surface area contributed by atoms with Gasteiger partial charge in [-0.25, -0.2) is 5.43 Å². The van der Waals surface area contributed by atoms with Crippen molar-refractivity contribution < 1.29 is 9.59 Å². The molecule has 0 radical (unpaired) electrons. The molecule has 2 N–H and O–H groups in total. The number of anilines is 1. The number of carbonyl (C=O) groups excluding carboxylic acids is 2. The van der Waals surface area contributed by atoms with Crippen LogP contribution in [-0.2, 0) is 15.0 Å². The first-order valence-corrected chi connectivity index (χ1v) is 9.01. The fourth-order valence-corrected chi connectivity index (χ4v) is 2.42. The number of hydrogen-bond acceptors (Lipinski definition) is 3. The van der Waals surface area contributed by atoms with Gasteiger partial charge in [0.1, 0.15) is 0 Å². The van der Waals surface area contributed by atoms with E-state index >= 15 is 0 Å². The molecule has 0 saturated carbocycles. The Hall–Kier alpha value is -2.95. The highest BCUT2D eigenvalue weighted by Crippen LogP contribution is 2.21. The summed E-state index contributed by atoms with van der Waals surface area (Å²) >= 11 is 0. The van der Waals surface area contributed by atoms with E-state index in [0.29, 0.717) is 11.6 Å². The molecule has 0 atom stereocenters. The van der Waals surface area contributed by atoms with Crippen molar-refractivity contribution in [3.8, 4) is 0 Å². The van der Waals surface area contributed by atoms with Crippen molar-refractivity contribution in [1.82, 2.24) is 5.43 Å². The average molecular weight is 365 g/mol. The van der Waals surface area contributed by atoms with E-state index in [-0.39, 0.29) is 5.41 Å². The van der Waals surface area contributed by atoms with Crippen molar-refractivity contribution >= 4 is 23.7 Å². The smallest absolute Gasteiger partial charge is 0.318 e. The molecule has 27 heavy (non-hydrogen) atoms. The second kappa shape index (κ2) is 8.62. The highest BCUT2D eigenvalue weighted by molar-refractivity contribution is 6.39. The molecule has 5 nitrogen and oxygen atoms in total. The highest BCUT2D eigenvalue weighted by atomic mass is 16.2. The van der Waals surface area contributed by atoms with Crippen LogP contribution < -0.4 is 10.7 Å². The van der Waals surface area contributed by atoms with Gasteiger partial charge < -0.3 is 5.32 Å². The lowest BCUT2D eigenvalue weighted by atomic mass is 9.87. The van der Waals surface area contributed by atoms with Crippen LogP contribution in [0.3, 0.4) is 0 Å². The molecule has 0 aliphatic rings. The zero-order chi connectivity index (χ0) is 20.0. The first kappa shape index (κ1) is 20.4. The number of amides is 2. The van der Waals surface area contributed by atoms with Crippen molar-refractivity contribution in [2.45, 2.75) is 46.0 Å². The Morgan fingerprint density at radius 1 is 0.926 bits per heavy atom. The van der Waals surface area contributed by atoms with Crippen LogP contribution in [0.15, 0.2) is 53.6 Å². The molecule has 0 aliphatic carbocycles. The second-order valence-corrected chi connectivity index (χ2v) is 7.80. The maximum atomic E-state index is 11.9. The Labute approximate surface area is 160 Å². The van der Waals surface area contributed by atoms with Gasteiger partial charge in [-0.15, -0.1) is 0 Å². The normalized spacial score (nSPS) is 11.6. The van der Waals surface area contributed by atoms with Gasteiger partial charge in [0.25, 0.3) is 0 Å². The number of nitrogens with one attached hydrogen (secondary N) is 2. The van der Waals surface area contributed by atoms with E-state index in [2.05, 4.69) is 50.5 Å². The van der Waals surface area contributed by atoms with E-state index in [1.54, 1.807) is 12.1 Å². The van der Waals surface area contributed by atoms with Crippen LogP contribution in [0.1, 0.15) is 57.2 Å². The van der Waals surface area contributed by atoms with Gasteiger partial charge in [0.2, 0.25) is 0 Å². The molecule has 0 aromatic heterocycles. The van der Waals surface area contributed by atoms with E-state index in [9.17, 15) is 9.59 Å². The van der Waals surface area contributed by atoms with Crippen LogP contribution in [0.4, 0.5) is 5.69 Å². The lowest BCUT2D eigenvalue weighted by Crippen LogP contribution is -2.32. The zero-order valence-electron chi connectivity index (χ0n) is 16.5. The highest BCUT2D eigenvalue weighted by Gasteiger charge is 2.14. The van der Waals surface area contributed by atoms with Gasteiger partial charge in [-0.3, -0.25) is 9.59 Å². The van der Waals surface area contributed by atoms with Gasteiger partial charge in [0, 0.05) is 5.69 Å². The third-order valence-corrected chi connectivity index (χ3v) is 4.20. The third-order valence-electron chi connectivity index (χ3n) is 4.20. The molecule has 2 aromatic carbocycles. The van der Waals surface area contributed by atoms with Crippen LogP contribution in [0.25, 0.3) is 0 Å². The Morgan fingerprint density at radius 2 is 1.52 bits per heavy atom. The maximum absolute atomic E-state index is 11.9. The average Bonchev–Trinajstić information content (AvgIpc) is 2.61. The van der Waals surface area contributed by atoms with Crippen LogP contribution in [0.2, 0.25) is 0 Å². The molecule has 0 bridgehead atoms. The molecule has 0 aliphatic heterocycles. The summed E-state index contributed by atoms with van der Waals surface area (Å²) in [5.41, 5.74) is 6.11. The molecule has 2 amide bonds. The van der Waals surface area contributed by atoms with E-state index in [0.717, 1.165) is 5.56 Å². The molecule has 5 heteroatoms. The standard InChI is InChI=1S/C22H27N3O2/c1-15(2)17-8-12-19(13-9-17)24-20(26)21(27)25-23-14-16-6-10-18(11-7-16)22(3,4)5/h6-15H,1-5H3,(H,24,26)(H,25,27)/b23-14+. The number of nitrogens with zero attached hydrogens (tertiary/aromatic N) is 1. The number of hydrogen-bond donors (Lipinski definition) is 2. The first-order valence-electron chi connectivity index (χ1n) is 9.01. The van der Waals surface area contributed by atoms with Crippen molar-refractivity contribution in [3.05, 3.63) is 65.2 Å². The summed E-state index contributed by atoms with van der Waals surface area (Å²) in [7, 11) is 0. The first-order chi connectivity index (χ1) is 12.7. The van der Waals surface area contributed by atoms with Crippen LogP contribution in [0.5, 0.6) is 0 Å². The lowest BCUT2D eigenvalue weighted by molar-refractivity contribution is -0.136. The van der Waals surface area contributed by atoms with Crippen molar-refractivity contribution in [1.29, 1.82) is 0 Å². The summed E-state index contributed by atoms with van der Waals surface area (Å²) in [6.45, 7) is 10.6. The Bertz CT molecular complexity index is 814. The number of hydrazone groups is 1. The van der Waals surface area contributed by atoms with E-state index in [1.807, 2.05) is 36.4 Å². The molecule has 142 valence electrons. The van der Waals surface area contributed by atoms with E-state index in [1.165, 1.54) is 17.3 Å². The van der Waals surface area contributed by atoms with Gasteiger partial charge >= 0.3 is 11.8 Å². The predicted molar refractivity (Wildman–Crippen MR) is 110 cm³/mol. The quantitative estimate of drug-likeness (QED) is 0.484. The largest absolute Gasteiger partial charge is 0.329 e. The second-order valence-electron chi connectivity index (χ2n) is 7.80. The fourth-order valence-electron chi connectivity index (χ4n) is 2.42. The monoisotopic (exact) mass is 365 g/mol. The van der Waals surface area contributed by atoms with Crippen LogP contribution in [-0.4, -0.2) is 18.0 Å². The minimum Gasteiger partial charge on any atom is -0.318 e. The van der Waals surface area contributed by atoms with Gasteiger partial charge in [0.15, 0.2) is 0 Å². The van der Waals surface area contributed by atoms with Gasteiger partial charge in [0.05, 0.1) is 6.21 Å². The van der Waals surface area contributed by atoms with E-state index in [4.69, 9.17) is 0 Å². The summed E-state index contributed by atoms with van der Waals surface area (Å²) in [4.78, 5) is 23.8. The molecular formula is C22H27N3O2. The summed E-state index contributed by atoms with van der Waals surface area (Å²) < 4.78 is 0. The molecule has 0 unspecified atom stereocenters. The molecule has 2 rings (SSSR count). The number of carbonyl (C=O) groups is 2. The fraction of sp³-hybridized carbons (Fsp3) is 0.318. The molecule has 0 heterocycles. The number of rotatable bonds is 4. The number of benzene rings is 2.